The molecule has 1 saturated carbocycles. The first-order chi connectivity index (χ1) is 12.0. The summed E-state index contributed by atoms with van der Waals surface area (Å²) in [6.45, 7) is 2.28. The van der Waals surface area contributed by atoms with Gasteiger partial charge in [-0.3, -0.25) is 0 Å². The Balaban J connectivity index is 1.46. The number of rotatable bonds is 3. The highest BCUT2D eigenvalue weighted by molar-refractivity contribution is 5.66. The topological polar surface area (TPSA) is 56.3 Å². The first-order valence-electron chi connectivity index (χ1n) is 8.47. The van der Waals surface area contributed by atoms with E-state index in [1.54, 1.807) is 18.5 Å². The molecule has 0 spiro atoms. The van der Waals surface area contributed by atoms with E-state index in [4.69, 9.17) is 0 Å². The third-order valence-corrected chi connectivity index (χ3v) is 4.74. The molecule has 0 radical (unpaired) electrons. The summed E-state index contributed by atoms with van der Waals surface area (Å²) < 4.78 is 35.1. The summed E-state index contributed by atoms with van der Waals surface area (Å²) >= 11 is 0. The molecule has 0 unspecified atom stereocenters. The van der Waals surface area contributed by atoms with E-state index in [9.17, 15) is 8.78 Å². The van der Waals surface area contributed by atoms with Crippen LogP contribution in [0.4, 0.5) is 14.7 Å². The molecule has 0 amide bonds. The van der Waals surface area contributed by atoms with Crippen molar-refractivity contribution in [2.75, 3.05) is 5.32 Å². The number of aromatic nitrogens is 2. The van der Waals surface area contributed by atoms with Crippen LogP contribution < -0.4 is 14.8 Å². The van der Waals surface area contributed by atoms with Gasteiger partial charge in [0.1, 0.15) is 0 Å². The summed E-state index contributed by atoms with van der Waals surface area (Å²) in [5, 5.41) is 3.37. The predicted molar refractivity (Wildman–Crippen MR) is 88.7 cm³/mol. The van der Waals surface area contributed by atoms with E-state index >= 15 is 0 Å². The van der Waals surface area contributed by atoms with Crippen molar-refractivity contribution in [3.8, 4) is 22.6 Å². The maximum atomic E-state index is 13.1. The molecule has 1 N–H and O–H groups in total. The van der Waals surface area contributed by atoms with Crippen molar-refractivity contribution < 1.29 is 18.3 Å². The fourth-order valence-corrected chi connectivity index (χ4v) is 3.27. The van der Waals surface area contributed by atoms with E-state index in [2.05, 4.69) is 31.7 Å². The zero-order valence-corrected chi connectivity index (χ0v) is 13.8. The van der Waals surface area contributed by atoms with Gasteiger partial charge in [-0.1, -0.05) is 13.0 Å². The lowest BCUT2D eigenvalue weighted by Gasteiger charge is -2.26. The molecule has 5 nitrogen and oxygen atoms in total. The van der Waals surface area contributed by atoms with Crippen molar-refractivity contribution in [2.24, 2.45) is 5.92 Å². The molecular formula is C18H19F2N3O2. The summed E-state index contributed by atoms with van der Waals surface area (Å²) in [6, 6.07) is 5.05. The molecule has 132 valence electrons. The van der Waals surface area contributed by atoms with Crippen LogP contribution in [-0.4, -0.2) is 22.3 Å². The molecule has 2 heterocycles. The minimum absolute atomic E-state index is 0.0148. The van der Waals surface area contributed by atoms with Crippen molar-refractivity contribution in [2.45, 2.75) is 44.9 Å². The highest BCUT2D eigenvalue weighted by Crippen LogP contribution is 2.42. The van der Waals surface area contributed by atoms with Gasteiger partial charge in [0, 0.05) is 24.0 Å². The second-order valence-electron chi connectivity index (χ2n) is 6.73. The number of nitrogens with zero attached hydrogens (tertiary/aromatic N) is 2. The molecule has 1 aromatic heterocycles. The quantitative estimate of drug-likeness (QED) is 0.889. The monoisotopic (exact) mass is 347 g/mol. The second kappa shape index (κ2) is 6.13. The zero-order valence-electron chi connectivity index (χ0n) is 13.8. The summed E-state index contributed by atoms with van der Waals surface area (Å²) in [5.41, 5.74) is 1.42. The molecule has 1 aliphatic heterocycles. The molecule has 1 aliphatic carbocycles. The molecule has 2 aliphatic rings. The SMILES string of the molecule is CC1CCC(Nc2ncc(-c3ccc4c(c3)OC(F)(F)O4)cn2)CC1. The normalized spacial score (nSPS) is 24.1. The number of alkyl halides is 2. The summed E-state index contributed by atoms with van der Waals surface area (Å²) in [4.78, 5) is 8.70. The Hall–Kier alpha value is -2.44. The van der Waals surface area contributed by atoms with Crippen LogP contribution in [-0.2, 0) is 0 Å². The molecule has 1 aromatic carbocycles. The van der Waals surface area contributed by atoms with Gasteiger partial charge in [0.25, 0.3) is 0 Å². The van der Waals surface area contributed by atoms with Crippen LogP contribution in [0.1, 0.15) is 32.6 Å². The van der Waals surface area contributed by atoms with Crippen molar-refractivity contribution in [1.29, 1.82) is 0 Å². The Kier molecular flexibility index (Phi) is 3.94. The standard InChI is InChI=1S/C18H19F2N3O2/c1-11-2-5-14(6-3-11)23-17-21-9-13(10-22-17)12-4-7-15-16(8-12)25-18(19,20)24-15/h4,7-11,14H,2-3,5-6H2,1H3,(H,21,22,23). The van der Waals surface area contributed by atoms with Crippen molar-refractivity contribution >= 4 is 5.95 Å². The molecule has 7 heteroatoms. The summed E-state index contributed by atoms with van der Waals surface area (Å²) in [6.07, 6.45) is 4.44. The molecule has 2 aromatic rings. The zero-order chi connectivity index (χ0) is 17.4. The van der Waals surface area contributed by atoms with Crippen LogP contribution in [0.5, 0.6) is 11.5 Å². The van der Waals surface area contributed by atoms with Crippen molar-refractivity contribution in [3.05, 3.63) is 30.6 Å². The van der Waals surface area contributed by atoms with Crippen LogP contribution in [0.25, 0.3) is 11.1 Å². The molecule has 4 rings (SSSR count). The number of fused-ring (bicyclic) bond motifs is 1. The van der Waals surface area contributed by atoms with Crippen LogP contribution >= 0.6 is 0 Å². The molecule has 25 heavy (non-hydrogen) atoms. The highest BCUT2D eigenvalue weighted by Gasteiger charge is 2.43. The third kappa shape index (κ3) is 3.50. The summed E-state index contributed by atoms with van der Waals surface area (Å²) in [5.74, 6) is 1.43. The van der Waals surface area contributed by atoms with Crippen LogP contribution in [0.3, 0.4) is 0 Å². The van der Waals surface area contributed by atoms with Gasteiger partial charge in [-0.2, -0.15) is 0 Å². The lowest BCUT2D eigenvalue weighted by Crippen LogP contribution is -2.26. The fraction of sp³-hybridized carbons (Fsp3) is 0.444. The Labute approximate surface area is 144 Å². The number of ether oxygens (including phenoxy) is 2. The first-order valence-corrected chi connectivity index (χ1v) is 8.47. The van der Waals surface area contributed by atoms with E-state index in [-0.39, 0.29) is 11.5 Å². The minimum atomic E-state index is -3.61. The van der Waals surface area contributed by atoms with Gasteiger partial charge in [-0.15, -0.1) is 8.78 Å². The van der Waals surface area contributed by atoms with Gasteiger partial charge in [0.15, 0.2) is 11.5 Å². The number of hydrogen-bond donors (Lipinski definition) is 1. The lowest BCUT2D eigenvalue weighted by molar-refractivity contribution is -0.286. The average Bonchev–Trinajstić information content (AvgIpc) is 2.90. The number of nitrogens with one attached hydrogen (secondary N) is 1. The molecule has 1 fully saturated rings. The molecule has 0 bridgehead atoms. The molecule has 0 saturated heterocycles. The fourth-order valence-electron chi connectivity index (χ4n) is 3.27. The van der Waals surface area contributed by atoms with E-state index in [0.717, 1.165) is 24.3 Å². The first kappa shape index (κ1) is 16.1. The Bertz CT molecular complexity index is 759. The lowest BCUT2D eigenvalue weighted by atomic mass is 9.87. The van der Waals surface area contributed by atoms with Crippen LogP contribution in [0.15, 0.2) is 30.6 Å². The van der Waals surface area contributed by atoms with E-state index in [0.29, 0.717) is 17.6 Å². The van der Waals surface area contributed by atoms with E-state index in [1.807, 2.05) is 0 Å². The van der Waals surface area contributed by atoms with Gasteiger partial charge in [-0.05, 0) is 49.3 Å². The Morgan fingerprint density at radius 2 is 1.68 bits per heavy atom. The number of anilines is 1. The molecule has 0 atom stereocenters. The average molecular weight is 347 g/mol. The van der Waals surface area contributed by atoms with Crippen molar-refractivity contribution in [3.63, 3.8) is 0 Å². The van der Waals surface area contributed by atoms with Crippen LogP contribution in [0, 0.1) is 5.92 Å². The van der Waals surface area contributed by atoms with Gasteiger partial charge in [0.2, 0.25) is 5.95 Å². The number of halogens is 2. The predicted octanol–water partition coefficient (Wildman–Crippen LogP) is 4.46. The number of benzene rings is 1. The van der Waals surface area contributed by atoms with Gasteiger partial charge in [0.05, 0.1) is 0 Å². The second-order valence-corrected chi connectivity index (χ2v) is 6.73. The molecular weight excluding hydrogens is 328 g/mol. The van der Waals surface area contributed by atoms with E-state index in [1.165, 1.54) is 25.0 Å². The van der Waals surface area contributed by atoms with Gasteiger partial charge >= 0.3 is 6.29 Å². The highest BCUT2D eigenvalue weighted by atomic mass is 19.3. The largest absolute Gasteiger partial charge is 0.586 e. The Morgan fingerprint density at radius 1 is 1.00 bits per heavy atom. The third-order valence-electron chi connectivity index (χ3n) is 4.74. The summed E-state index contributed by atoms with van der Waals surface area (Å²) in [7, 11) is 0. The van der Waals surface area contributed by atoms with E-state index < -0.39 is 6.29 Å². The smallest absolute Gasteiger partial charge is 0.395 e. The maximum Gasteiger partial charge on any atom is 0.586 e. The van der Waals surface area contributed by atoms with Gasteiger partial charge < -0.3 is 14.8 Å². The van der Waals surface area contributed by atoms with Gasteiger partial charge in [-0.25, -0.2) is 9.97 Å². The Morgan fingerprint density at radius 3 is 2.40 bits per heavy atom. The van der Waals surface area contributed by atoms with Crippen molar-refractivity contribution in [1.82, 2.24) is 9.97 Å². The van der Waals surface area contributed by atoms with Crippen LogP contribution in [0.2, 0.25) is 0 Å². The maximum absolute atomic E-state index is 13.1. The number of hydrogen-bond acceptors (Lipinski definition) is 5. The minimum Gasteiger partial charge on any atom is -0.395 e.